The summed E-state index contributed by atoms with van der Waals surface area (Å²) in [4.78, 5) is 13.5. The summed E-state index contributed by atoms with van der Waals surface area (Å²) >= 11 is 0. The quantitative estimate of drug-likeness (QED) is 0.368. The van der Waals surface area contributed by atoms with E-state index < -0.39 is 8.07 Å². The molecule has 0 aliphatic heterocycles. The summed E-state index contributed by atoms with van der Waals surface area (Å²) in [6.45, 7) is 16.8. The first-order valence-corrected chi connectivity index (χ1v) is 10.6. The van der Waals surface area contributed by atoms with Crippen molar-refractivity contribution in [1.82, 2.24) is 4.90 Å². The molecule has 0 aromatic carbocycles. The molecule has 0 saturated heterocycles. The molecule has 0 atom stereocenters. The lowest BCUT2D eigenvalue weighted by molar-refractivity contribution is -0.125. The molecular weight excluding hydrogens is 238 g/mol. The fourth-order valence-corrected chi connectivity index (χ4v) is 3.63. The van der Waals surface area contributed by atoms with Crippen molar-refractivity contribution in [3.63, 3.8) is 0 Å². The third-order valence-electron chi connectivity index (χ3n) is 2.78. The highest BCUT2D eigenvalue weighted by Gasteiger charge is 2.13. The maximum atomic E-state index is 11.7. The van der Waals surface area contributed by atoms with E-state index in [0.717, 1.165) is 25.9 Å². The molecule has 3 heteroatoms. The van der Waals surface area contributed by atoms with E-state index >= 15 is 0 Å². The molecule has 0 unspecified atom stereocenters. The summed E-state index contributed by atoms with van der Waals surface area (Å²) in [6.07, 6.45) is 5.62. The highest BCUT2D eigenvalue weighted by molar-refractivity contribution is 6.76. The molecule has 0 rings (SSSR count). The van der Waals surface area contributed by atoms with Crippen molar-refractivity contribution in [1.29, 1.82) is 0 Å². The highest BCUT2D eigenvalue weighted by Crippen LogP contribution is 2.18. The fraction of sp³-hybridized carbons (Fsp3) is 0.667. The maximum absolute atomic E-state index is 11.7. The first-order valence-electron chi connectivity index (χ1n) is 6.92. The zero-order valence-corrected chi connectivity index (χ0v) is 13.8. The second-order valence-electron chi connectivity index (χ2n) is 5.94. The van der Waals surface area contributed by atoms with Crippen LogP contribution >= 0.6 is 0 Å². The van der Waals surface area contributed by atoms with E-state index in [4.69, 9.17) is 0 Å². The van der Waals surface area contributed by atoms with Crippen LogP contribution < -0.4 is 0 Å². The van der Waals surface area contributed by atoms with Gasteiger partial charge in [0.1, 0.15) is 0 Å². The van der Waals surface area contributed by atoms with E-state index in [9.17, 15) is 4.79 Å². The summed E-state index contributed by atoms with van der Waals surface area (Å²) in [5.74, 6) is 0.121. The van der Waals surface area contributed by atoms with E-state index in [1.165, 1.54) is 11.6 Å². The number of carbonyl (C=O) groups is 1. The Morgan fingerprint density at radius 2 is 1.78 bits per heavy atom. The van der Waals surface area contributed by atoms with Gasteiger partial charge in [0.25, 0.3) is 0 Å². The van der Waals surface area contributed by atoms with Gasteiger partial charge in [0.2, 0.25) is 5.91 Å². The molecule has 0 radical (unpaired) electrons. The second-order valence-corrected chi connectivity index (χ2v) is 11.4. The van der Waals surface area contributed by atoms with Crippen molar-refractivity contribution >= 4 is 14.0 Å². The average molecular weight is 267 g/mol. The Labute approximate surface area is 114 Å². The number of likely N-dealkylation sites (N-methyl/N-ethyl adjacent to an activating group) is 1. The molecule has 0 aliphatic carbocycles. The van der Waals surface area contributed by atoms with Crippen LogP contribution in [-0.4, -0.2) is 32.0 Å². The minimum Gasteiger partial charge on any atom is -0.340 e. The smallest absolute Gasteiger partial charge is 0.246 e. The lowest BCUT2D eigenvalue weighted by Crippen LogP contribution is -2.28. The number of hydrogen-bond donors (Lipinski definition) is 0. The summed E-state index contributed by atoms with van der Waals surface area (Å²) in [5, 5.41) is 0. The topological polar surface area (TPSA) is 20.3 Å². The SMILES string of the molecule is C=C(CC/C=C/C(=O)N(CC)CC)C[Si](C)(C)C. The lowest BCUT2D eigenvalue weighted by Gasteiger charge is -2.17. The van der Waals surface area contributed by atoms with Gasteiger partial charge in [-0.1, -0.05) is 31.3 Å². The molecule has 0 bridgehead atoms. The van der Waals surface area contributed by atoms with Gasteiger partial charge in [-0.25, -0.2) is 0 Å². The zero-order valence-electron chi connectivity index (χ0n) is 12.8. The molecule has 0 aromatic rings. The van der Waals surface area contributed by atoms with Crippen LogP contribution in [0.15, 0.2) is 24.3 Å². The summed E-state index contributed by atoms with van der Waals surface area (Å²) in [7, 11) is -1.03. The standard InChI is InChI=1S/C15H29NOSi/c1-7-16(8-2)15(17)12-10-9-11-14(3)13-18(4,5)6/h10,12H,3,7-9,11,13H2,1-2,4-6H3/b12-10+. The van der Waals surface area contributed by atoms with Crippen molar-refractivity contribution in [2.24, 2.45) is 0 Å². The molecule has 0 N–H and O–H groups in total. The highest BCUT2D eigenvalue weighted by atomic mass is 28.3. The number of hydrogen-bond acceptors (Lipinski definition) is 1. The molecule has 0 saturated carbocycles. The van der Waals surface area contributed by atoms with Crippen LogP contribution in [0.25, 0.3) is 0 Å². The molecule has 1 amide bonds. The molecule has 0 aromatic heterocycles. The van der Waals surface area contributed by atoms with Crippen LogP contribution in [0.5, 0.6) is 0 Å². The average Bonchev–Trinajstić information content (AvgIpc) is 2.23. The molecule has 18 heavy (non-hydrogen) atoms. The van der Waals surface area contributed by atoms with Crippen molar-refractivity contribution < 1.29 is 4.79 Å². The summed E-state index contributed by atoms with van der Waals surface area (Å²) in [6, 6.07) is 1.19. The predicted molar refractivity (Wildman–Crippen MR) is 83.6 cm³/mol. The Morgan fingerprint density at radius 1 is 1.22 bits per heavy atom. The zero-order chi connectivity index (χ0) is 14.2. The van der Waals surface area contributed by atoms with Gasteiger partial charge in [-0.15, -0.1) is 6.58 Å². The van der Waals surface area contributed by atoms with Gasteiger partial charge in [-0.2, -0.15) is 0 Å². The van der Waals surface area contributed by atoms with Crippen LogP contribution in [0, 0.1) is 0 Å². The van der Waals surface area contributed by atoms with Crippen LogP contribution in [0.4, 0.5) is 0 Å². The summed E-state index contributed by atoms with van der Waals surface area (Å²) in [5.41, 5.74) is 1.33. The fourth-order valence-electron chi connectivity index (χ4n) is 1.95. The Hall–Kier alpha value is -0.833. The van der Waals surface area contributed by atoms with Crippen molar-refractivity contribution in [2.75, 3.05) is 13.1 Å². The third kappa shape index (κ3) is 8.29. The third-order valence-corrected chi connectivity index (χ3v) is 4.34. The van der Waals surface area contributed by atoms with Gasteiger partial charge in [-0.05, 0) is 38.8 Å². The second kappa shape index (κ2) is 8.30. The van der Waals surface area contributed by atoms with Gasteiger partial charge in [-0.3, -0.25) is 4.79 Å². The Bertz CT molecular complexity index is 298. The van der Waals surface area contributed by atoms with Crippen LogP contribution in [0.1, 0.15) is 26.7 Å². The van der Waals surface area contributed by atoms with E-state index in [1.54, 1.807) is 6.08 Å². The van der Waals surface area contributed by atoms with Crippen LogP contribution in [0.2, 0.25) is 25.7 Å². The Balaban J connectivity index is 3.97. The van der Waals surface area contributed by atoms with Crippen molar-refractivity contribution in [3.05, 3.63) is 24.3 Å². The number of carbonyl (C=O) groups excluding carboxylic acids is 1. The van der Waals surface area contributed by atoms with E-state index in [1.807, 2.05) is 24.8 Å². The van der Waals surface area contributed by atoms with Gasteiger partial charge in [0, 0.05) is 21.2 Å². The molecule has 0 aliphatic rings. The van der Waals surface area contributed by atoms with Crippen molar-refractivity contribution in [3.8, 4) is 0 Å². The van der Waals surface area contributed by atoms with Crippen LogP contribution in [0.3, 0.4) is 0 Å². The molecule has 0 heterocycles. The predicted octanol–water partition coefficient (Wildman–Crippen LogP) is 4.09. The number of nitrogens with zero attached hydrogens (tertiary/aromatic N) is 1. The number of allylic oxidation sites excluding steroid dienone is 2. The van der Waals surface area contributed by atoms with Gasteiger partial charge >= 0.3 is 0 Å². The van der Waals surface area contributed by atoms with Crippen LogP contribution in [-0.2, 0) is 4.79 Å². The van der Waals surface area contributed by atoms with E-state index in [-0.39, 0.29) is 5.91 Å². The van der Waals surface area contributed by atoms with Gasteiger partial charge < -0.3 is 4.90 Å². The van der Waals surface area contributed by atoms with E-state index in [2.05, 4.69) is 26.2 Å². The molecule has 0 fully saturated rings. The van der Waals surface area contributed by atoms with Gasteiger partial charge in [0.05, 0.1) is 0 Å². The first-order chi connectivity index (χ1) is 8.30. The molecule has 104 valence electrons. The Kier molecular flexibility index (Phi) is 7.92. The normalized spacial score (nSPS) is 11.8. The number of amides is 1. The number of rotatable bonds is 8. The van der Waals surface area contributed by atoms with Gasteiger partial charge in [0.15, 0.2) is 0 Å². The molecule has 2 nitrogen and oxygen atoms in total. The Morgan fingerprint density at radius 3 is 2.22 bits per heavy atom. The van der Waals surface area contributed by atoms with Crippen molar-refractivity contribution in [2.45, 2.75) is 52.4 Å². The lowest BCUT2D eigenvalue weighted by atomic mass is 10.2. The first kappa shape index (κ1) is 17.2. The largest absolute Gasteiger partial charge is 0.340 e. The summed E-state index contributed by atoms with van der Waals surface area (Å²) < 4.78 is 0. The molecule has 0 spiro atoms. The molecular formula is C15H29NOSi. The minimum atomic E-state index is -1.03. The minimum absolute atomic E-state index is 0.121. The monoisotopic (exact) mass is 267 g/mol. The maximum Gasteiger partial charge on any atom is 0.246 e. The van der Waals surface area contributed by atoms with E-state index in [0.29, 0.717) is 0 Å².